The summed E-state index contributed by atoms with van der Waals surface area (Å²) in [7, 11) is 0. The summed E-state index contributed by atoms with van der Waals surface area (Å²) in [5.41, 5.74) is 2.54. The van der Waals surface area contributed by atoms with Crippen LogP contribution >= 0.6 is 0 Å². The van der Waals surface area contributed by atoms with Crippen LogP contribution in [0.2, 0.25) is 0 Å². The molecule has 0 bridgehead atoms. The number of benzene rings is 1. The summed E-state index contributed by atoms with van der Waals surface area (Å²) >= 11 is 0. The van der Waals surface area contributed by atoms with E-state index in [1.807, 2.05) is 12.1 Å². The third kappa shape index (κ3) is 3.06. The van der Waals surface area contributed by atoms with Crippen LogP contribution in [0.15, 0.2) is 48.8 Å². The molecule has 0 amide bonds. The van der Waals surface area contributed by atoms with Crippen molar-refractivity contribution in [2.45, 2.75) is 25.5 Å². The number of hydrogen-bond acceptors (Lipinski definition) is 2. The molecule has 1 aromatic carbocycles. The maximum atomic E-state index is 9.51. The van der Waals surface area contributed by atoms with E-state index >= 15 is 0 Å². The van der Waals surface area contributed by atoms with Gasteiger partial charge in [0, 0.05) is 37.7 Å². The molecule has 1 fully saturated rings. The number of piperidine rings is 1. The van der Waals surface area contributed by atoms with Gasteiger partial charge in [0.2, 0.25) is 0 Å². The van der Waals surface area contributed by atoms with Gasteiger partial charge in [0.25, 0.3) is 0 Å². The van der Waals surface area contributed by atoms with Gasteiger partial charge in [0.15, 0.2) is 0 Å². The maximum absolute atomic E-state index is 9.51. The van der Waals surface area contributed by atoms with Gasteiger partial charge >= 0.3 is 0 Å². The zero-order valence-electron chi connectivity index (χ0n) is 11.1. The van der Waals surface area contributed by atoms with Gasteiger partial charge in [-0.05, 0) is 42.7 Å². The minimum Gasteiger partial charge on any atom is -0.393 e. The lowest BCUT2D eigenvalue weighted by Gasteiger charge is -2.29. The Bertz CT molecular complexity index is 496. The highest BCUT2D eigenvalue weighted by Crippen LogP contribution is 2.15. The van der Waals surface area contributed by atoms with Crippen molar-refractivity contribution in [1.82, 2.24) is 9.47 Å². The number of nitrogens with zero attached hydrogens (tertiary/aromatic N) is 2. The van der Waals surface area contributed by atoms with E-state index in [9.17, 15) is 5.11 Å². The van der Waals surface area contributed by atoms with E-state index < -0.39 is 0 Å². The molecule has 1 saturated heterocycles. The van der Waals surface area contributed by atoms with Crippen molar-refractivity contribution in [2.24, 2.45) is 0 Å². The molecular weight excluding hydrogens is 236 g/mol. The van der Waals surface area contributed by atoms with E-state index in [4.69, 9.17) is 0 Å². The molecule has 0 saturated carbocycles. The van der Waals surface area contributed by atoms with Crippen LogP contribution in [0.1, 0.15) is 18.4 Å². The Labute approximate surface area is 114 Å². The van der Waals surface area contributed by atoms with Gasteiger partial charge in [-0.15, -0.1) is 0 Å². The second-order valence-electron chi connectivity index (χ2n) is 5.26. The highest BCUT2D eigenvalue weighted by Gasteiger charge is 2.16. The molecule has 3 heteroatoms. The zero-order valence-corrected chi connectivity index (χ0v) is 11.1. The molecule has 2 heterocycles. The van der Waals surface area contributed by atoms with Crippen LogP contribution in [0.3, 0.4) is 0 Å². The second kappa shape index (κ2) is 5.59. The molecule has 3 nitrogen and oxygen atoms in total. The Kier molecular flexibility index (Phi) is 3.67. The number of rotatable bonds is 3. The summed E-state index contributed by atoms with van der Waals surface area (Å²) in [6.45, 7) is 2.99. The van der Waals surface area contributed by atoms with Crippen molar-refractivity contribution in [1.29, 1.82) is 0 Å². The van der Waals surface area contributed by atoms with E-state index in [2.05, 4.69) is 46.1 Å². The van der Waals surface area contributed by atoms with E-state index in [1.54, 1.807) is 0 Å². The van der Waals surface area contributed by atoms with Crippen LogP contribution in [0.5, 0.6) is 0 Å². The molecule has 1 aromatic heterocycles. The van der Waals surface area contributed by atoms with Crippen LogP contribution in [-0.2, 0) is 6.54 Å². The summed E-state index contributed by atoms with van der Waals surface area (Å²) < 4.78 is 2.11. The molecule has 0 spiro atoms. The lowest BCUT2D eigenvalue weighted by Crippen LogP contribution is -2.35. The van der Waals surface area contributed by atoms with Crippen molar-refractivity contribution in [3.05, 3.63) is 54.4 Å². The van der Waals surface area contributed by atoms with Gasteiger partial charge in [-0.1, -0.05) is 12.1 Å². The Morgan fingerprint density at radius 1 is 1.00 bits per heavy atom. The Morgan fingerprint density at radius 3 is 2.26 bits per heavy atom. The molecule has 0 unspecified atom stereocenters. The van der Waals surface area contributed by atoms with Crippen LogP contribution in [0, 0.1) is 0 Å². The molecular formula is C16H20N2O. The molecule has 0 aliphatic carbocycles. The fourth-order valence-corrected chi connectivity index (χ4v) is 2.62. The van der Waals surface area contributed by atoms with Crippen molar-refractivity contribution in [3.8, 4) is 5.69 Å². The highest BCUT2D eigenvalue weighted by molar-refractivity contribution is 5.35. The average molecular weight is 256 g/mol. The molecule has 100 valence electrons. The standard InChI is InChI=1S/C16H20N2O/c19-16-7-11-17(12-8-16)13-14-3-5-15(6-4-14)18-9-1-2-10-18/h1-6,9-10,16,19H,7-8,11-13H2. The predicted molar refractivity (Wildman–Crippen MR) is 76.3 cm³/mol. The molecule has 0 atom stereocenters. The first-order valence-corrected chi connectivity index (χ1v) is 6.94. The fraction of sp³-hybridized carbons (Fsp3) is 0.375. The van der Waals surface area contributed by atoms with E-state index in [-0.39, 0.29) is 6.10 Å². The molecule has 0 radical (unpaired) electrons. The van der Waals surface area contributed by atoms with Crippen LogP contribution in [0.25, 0.3) is 5.69 Å². The molecule has 3 rings (SSSR count). The number of aliphatic hydroxyl groups excluding tert-OH is 1. The first kappa shape index (κ1) is 12.5. The van der Waals surface area contributed by atoms with Crippen molar-refractivity contribution >= 4 is 0 Å². The summed E-state index contributed by atoms with van der Waals surface area (Å²) in [5, 5.41) is 9.51. The quantitative estimate of drug-likeness (QED) is 0.913. The Balaban J connectivity index is 1.63. The lowest BCUT2D eigenvalue weighted by atomic mass is 10.1. The zero-order chi connectivity index (χ0) is 13.1. The first-order valence-electron chi connectivity index (χ1n) is 6.94. The third-order valence-corrected chi connectivity index (χ3v) is 3.80. The van der Waals surface area contributed by atoms with Crippen LogP contribution < -0.4 is 0 Å². The number of aliphatic hydroxyl groups is 1. The van der Waals surface area contributed by atoms with E-state index in [1.165, 1.54) is 11.3 Å². The topological polar surface area (TPSA) is 28.4 Å². The van der Waals surface area contributed by atoms with Gasteiger partial charge in [-0.25, -0.2) is 0 Å². The van der Waals surface area contributed by atoms with E-state index in [0.29, 0.717) is 0 Å². The van der Waals surface area contributed by atoms with E-state index in [0.717, 1.165) is 32.5 Å². The molecule has 1 aliphatic rings. The monoisotopic (exact) mass is 256 g/mol. The van der Waals surface area contributed by atoms with Crippen molar-refractivity contribution in [2.75, 3.05) is 13.1 Å². The fourth-order valence-electron chi connectivity index (χ4n) is 2.62. The Morgan fingerprint density at radius 2 is 1.63 bits per heavy atom. The highest BCUT2D eigenvalue weighted by atomic mass is 16.3. The third-order valence-electron chi connectivity index (χ3n) is 3.80. The number of hydrogen-bond donors (Lipinski definition) is 1. The minimum absolute atomic E-state index is 0.0904. The van der Waals surface area contributed by atoms with Crippen LogP contribution in [0.4, 0.5) is 0 Å². The predicted octanol–water partition coefficient (Wildman–Crippen LogP) is 2.43. The van der Waals surface area contributed by atoms with Gasteiger partial charge < -0.3 is 9.67 Å². The summed E-state index contributed by atoms with van der Waals surface area (Å²) in [5.74, 6) is 0. The molecule has 1 aliphatic heterocycles. The minimum atomic E-state index is -0.0904. The molecule has 2 aromatic rings. The molecule has 1 N–H and O–H groups in total. The number of aromatic nitrogens is 1. The van der Waals surface area contributed by atoms with Crippen molar-refractivity contribution < 1.29 is 5.11 Å². The van der Waals surface area contributed by atoms with Gasteiger partial charge in [-0.3, -0.25) is 4.90 Å². The summed E-state index contributed by atoms with van der Waals surface area (Å²) in [6, 6.07) is 12.8. The largest absolute Gasteiger partial charge is 0.393 e. The van der Waals surface area contributed by atoms with Gasteiger partial charge in [0.1, 0.15) is 0 Å². The molecule has 19 heavy (non-hydrogen) atoms. The van der Waals surface area contributed by atoms with Crippen LogP contribution in [-0.4, -0.2) is 33.8 Å². The average Bonchev–Trinajstić information content (AvgIpc) is 2.96. The lowest BCUT2D eigenvalue weighted by molar-refractivity contribution is 0.0792. The number of likely N-dealkylation sites (tertiary alicyclic amines) is 1. The second-order valence-corrected chi connectivity index (χ2v) is 5.26. The first-order chi connectivity index (χ1) is 9.31. The van der Waals surface area contributed by atoms with Gasteiger partial charge in [0.05, 0.1) is 6.10 Å². The maximum Gasteiger partial charge on any atom is 0.0564 e. The smallest absolute Gasteiger partial charge is 0.0564 e. The normalized spacial score (nSPS) is 17.7. The Hall–Kier alpha value is -1.58. The summed E-state index contributed by atoms with van der Waals surface area (Å²) in [6.07, 6.45) is 5.83. The van der Waals surface area contributed by atoms with Gasteiger partial charge in [-0.2, -0.15) is 0 Å². The summed E-state index contributed by atoms with van der Waals surface area (Å²) in [4.78, 5) is 2.41. The SMILES string of the molecule is OC1CCN(Cc2ccc(-n3cccc3)cc2)CC1. The van der Waals surface area contributed by atoms with Crippen molar-refractivity contribution in [3.63, 3.8) is 0 Å².